The lowest BCUT2D eigenvalue weighted by atomic mass is 10.1. The molecule has 0 unspecified atom stereocenters. The lowest BCUT2D eigenvalue weighted by molar-refractivity contribution is -0.496. The van der Waals surface area contributed by atoms with Crippen molar-refractivity contribution in [2.24, 2.45) is 10.9 Å². The summed E-state index contributed by atoms with van der Waals surface area (Å²) in [6.45, 7) is 7.80. The summed E-state index contributed by atoms with van der Waals surface area (Å²) in [5.41, 5.74) is 4.24. The molecule has 0 spiro atoms. The number of rotatable bonds is 7. The number of phenols is 1. The Labute approximate surface area is 195 Å². The van der Waals surface area contributed by atoms with E-state index in [0.717, 1.165) is 27.7 Å². The molecule has 0 radical (unpaired) electrons. The van der Waals surface area contributed by atoms with Crippen LogP contribution >= 0.6 is 11.8 Å². The second-order valence-corrected chi connectivity index (χ2v) is 8.97. The number of aliphatic imine (C=N–C) groups is 1. The minimum atomic E-state index is 0. The number of hydrogen-bond acceptors (Lipinski definition) is 4. The van der Waals surface area contributed by atoms with Crippen LogP contribution in [0.4, 0.5) is 11.4 Å². The van der Waals surface area contributed by atoms with Gasteiger partial charge in [0.1, 0.15) is 11.4 Å². The van der Waals surface area contributed by atoms with E-state index >= 15 is 0 Å². The molecule has 0 amide bonds. The number of aromatic hydroxyl groups is 1. The number of para-hydroxylation sites is 1. The molecule has 0 aliphatic rings. The Morgan fingerprint density at radius 3 is 2.53 bits per heavy atom. The number of thioether (sulfide) groups is 1. The Hall–Kier alpha value is -2.84. The molecule has 6 nitrogen and oxygen atoms in total. The zero-order chi connectivity index (χ0) is 22.2. The fourth-order valence-electron chi connectivity index (χ4n) is 3.26. The maximum atomic E-state index is 11.6. The van der Waals surface area contributed by atoms with Crippen molar-refractivity contribution in [1.82, 2.24) is 4.90 Å². The highest BCUT2D eigenvalue weighted by atomic mass is 32.2. The number of nitrogens with zero attached hydrogens (tertiary/aromatic N) is 2. The molecule has 0 aromatic heterocycles. The van der Waals surface area contributed by atoms with Gasteiger partial charge in [-0.05, 0) is 48.7 Å². The molecule has 32 heavy (non-hydrogen) atoms. The Morgan fingerprint density at radius 2 is 1.84 bits per heavy atom. The first-order valence-electron chi connectivity index (χ1n) is 10.3. The molecular formula is C25H33N3O3S. The maximum absolute atomic E-state index is 11.6. The molecule has 0 atom stereocenters. The average molecular weight is 456 g/mol. The summed E-state index contributed by atoms with van der Waals surface area (Å²) in [5.74, 6) is 0.653. The highest BCUT2D eigenvalue weighted by Gasteiger charge is 2.17. The predicted molar refractivity (Wildman–Crippen MR) is 135 cm³/mol. The summed E-state index contributed by atoms with van der Waals surface area (Å²) in [6.07, 6.45) is 0. The largest absolute Gasteiger partial charge is 0.630 e. The van der Waals surface area contributed by atoms with Crippen LogP contribution in [0.25, 0.3) is 0 Å². The third-order valence-corrected chi connectivity index (χ3v) is 5.64. The first kappa shape index (κ1) is 25.4. The van der Waals surface area contributed by atoms with Gasteiger partial charge in [-0.15, -0.1) is 0 Å². The zero-order valence-electron chi connectivity index (χ0n) is 18.7. The van der Waals surface area contributed by atoms with E-state index in [-0.39, 0.29) is 12.7 Å². The van der Waals surface area contributed by atoms with Gasteiger partial charge < -0.3 is 26.2 Å². The van der Waals surface area contributed by atoms with Crippen molar-refractivity contribution in [3.8, 4) is 5.75 Å². The van der Waals surface area contributed by atoms with Crippen molar-refractivity contribution >= 4 is 28.3 Å². The second kappa shape index (κ2) is 12.3. The van der Waals surface area contributed by atoms with Gasteiger partial charge in [0, 0.05) is 25.5 Å². The maximum Gasteiger partial charge on any atom is 0.169 e. The van der Waals surface area contributed by atoms with E-state index in [1.165, 1.54) is 5.56 Å². The molecule has 0 saturated heterocycles. The number of phenolic OH excluding ortho intramolecular Hbond substituents is 1. The highest BCUT2D eigenvalue weighted by Crippen LogP contribution is 2.29. The van der Waals surface area contributed by atoms with E-state index in [9.17, 15) is 10.3 Å². The lowest BCUT2D eigenvalue weighted by Crippen LogP contribution is -2.70. The molecule has 3 rings (SSSR count). The molecule has 0 aliphatic heterocycles. The quantitative estimate of drug-likeness (QED) is 0.176. The van der Waals surface area contributed by atoms with Crippen molar-refractivity contribution < 1.29 is 17.5 Å². The van der Waals surface area contributed by atoms with E-state index in [4.69, 9.17) is 4.99 Å². The van der Waals surface area contributed by atoms with Crippen LogP contribution in [-0.2, 0) is 6.54 Å². The Balaban J connectivity index is 0.00000272. The predicted octanol–water partition coefficient (Wildman–Crippen LogP) is 4.75. The lowest BCUT2D eigenvalue weighted by Gasteiger charge is -2.28. The highest BCUT2D eigenvalue weighted by molar-refractivity contribution is 8.13. The normalized spacial score (nSPS) is 11.3. The van der Waals surface area contributed by atoms with Gasteiger partial charge in [0.15, 0.2) is 10.9 Å². The van der Waals surface area contributed by atoms with Crippen molar-refractivity contribution in [2.45, 2.75) is 32.2 Å². The van der Waals surface area contributed by atoms with Gasteiger partial charge in [-0.3, -0.25) is 0 Å². The van der Waals surface area contributed by atoms with E-state index in [0.29, 0.717) is 23.8 Å². The summed E-state index contributed by atoms with van der Waals surface area (Å²) in [6, 6.07) is 23.0. The second-order valence-electron chi connectivity index (χ2n) is 7.93. The molecule has 5 N–H and O–H groups in total. The SMILES string of the molecule is Cc1cccc(SC(=Nc2ccccc2[NH2+][O-])N(Cc2cccc(O)c2)CC(C)C)c1.O.[HH]. The van der Waals surface area contributed by atoms with Gasteiger partial charge in [0.25, 0.3) is 0 Å². The molecular weight excluding hydrogens is 422 g/mol. The molecule has 0 fully saturated rings. The number of amidine groups is 1. The van der Waals surface area contributed by atoms with E-state index < -0.39 is 0 Å². The van der Waals surface area contributed by atoms with Gasteiger partial charge in [-0.2, -0.15) is 0 Å². The molecule has 3 aromatic rings. The first-order valence-corrected chi connectivity index (χ1v) is 11.2. The van der Waals surface area contributed by atoms with Crippen LogP contribution in [0.2, 0.25) is 0 Å². The van der Waals surface area contributed by atoms with Crippen molar-refractivity contribution in [3.05, 3.63) is 89.1 Å². The van der Waals surface area contributed by atoms with Crippen LogP contribution in [0.3, 0.4) is 0 Å². The van der Waals surface area contributed by atoms with Gasteiger partial charge in [0.05, 0.1) is 0 Å². The number of quaternary nitrogens is 1. The summed E-state index contributed by atoms with van der Waals surface area (Å²) in [7, 11) is 0. The van der Waals surface area contributed by atoms with Crippen LogP contribution in [0, 0.1) is 18.0 Å². The van der Waals surface area contributed by atoms with Crippen molar-refractivity contribution in [2.75, 3.05) is 6.54 Å². The summed E-state index contributed by atoms with van der Waals surface area (Å²) >= 11 is 1.59. The van der Waals surface area contributed by atoms with Gasteiger partial charge in [-0.25, -0.2) is 4.99 Å². The van der Waals surface area contributed by atoms with Gasteiger partial charge in [0.2, 0.25) is 0 Å². The fourth-order valence-corrected chi connectivity index (χ4v) is 4.28. The van der Waals surface area contributed by atoms with Crippen molar-refractivity contribution in [1.29, 1.82) is 0 Å². The Kier molecular flexibility index (Phi) is 9.74. The average Bonchev–Trinajstić information content (AvgIpc) is 2.73. The van der Waals surface area contributed by atoms with E-state index in [1.807, 2.05) is 36.4 Å². The molecule has 0 saturated carbocycles. The number of nitrogens with two attached hydrogens (primary N) is 1. The molecule has 7 heteroatoms. The topological polar surface area (TPSA) is 107 Å². The monoisotopic (exact) mass is 455 g/mol. The number of hydrogen-bond donors (Lipinski definition) is 2. The van der Waals surface area contributed by atoms with Gasteiger partial charge in [-0.1, -0.05) is 67.6 Å². The minimum Gasteiger partial charge on any atom is -0.630 e. The first-order chi connectivity index (χ1) is 14.9. The number of aryl methyl sites for hydroxylation is 1. The van der Waals surface area contributed by atoms with Crippen LogP contribution in [0.1, 0.15) is 26.4 Å². The van der Waals surface area contributed by atoms with Crippen molar-refractivity contribution in [3.63, 3.8) is 0 Å². The molecule has 0 heterocycles. The fraction of sp³-hybridized carbons (Fsp3) is 0.240. The summed E-state index contributed by atoms with van der Waals surface area (Å²) < 4.78 is 0. The summed E-state index contributed by atoms with van der Waals surface area (Å²) in [5, 5.41) is 22.3. The van der Waals surface area contributed by atoms with Crippen LogP contribution in [-0.4, -0.2) is 27.2 Å². The Morgan fingerprint density at radius 1 is 1.09 bits per heavy atom. The van der Waals surface area contributed by atoms with Crippen LogP contribution in [0.15, 0.2) is 82.7 Å². The number of benzene rings is 3. The van der Waals surface area contributed by atoms with Crippen LogP contribution in [0.5, 0.6) is 5.75 Å². The Bertz CT molecular complexity index is 1050. The van der Waals surface area contributed by atoms with Crippen LogP contribution < -0.4 is 5.48 Å². The zero-order valence-corrected chi connectivity index (χ0v) is 19.5. The molecule has 3 aromatic carbocycles. The minimum absolute atomic E-state index is 0. The third-order valence-electron chi connectivity index (χ3n) is 4.62. The molecule has 0 bridgehead atoms. The third kappa shape index (κ3) is 7.39. The molecule has 0 aliphatic carbocycles. The van der Waals surface area contributed by atoms with Gasteiger partial charge >= 0.3 is 0 Å². The van der Waals surface area contributed by atoms with E-state index in [2.05, 4.69) is 43.9 Å². The smallest absolute Gasteiger partial charge is 0.169 e. The standard InChI is InChI=1S/C25H29N3O2S.H2O.H2/c1-18(2)16-28(17-20-9-7-10-21(29)15-20)25(31-22-11-6-8-19(3)14-22)26-23-12-4-5-13-24(23)27-30;;/h4-15,18,29H,16-17,27H2,1-3H3;1H2;1H. The van der Waals surface area contributed by atoms with E-state index in [1.54, 1.807) is 30.0 Å². The molecule has 172 valence electrons. The summed E-state index contributed by atoms with van der Waals surface area (Å²) in [4.78, 5) is 8.24.